The molecule has 0 radical (unpaired) electrons. The molecule has 106 valence electrons. The highest BCUT2D eigenvalue weighted by Gasteiger charge is 2.14. The standard InChI is InChI=1S/C15H16FNO3/c1-15(2,3)20-14(19)17-8-4-5-11-9-13(16)7-6-12(11)10-18/h6-7,9-10H,8H2,1-3H3,(H,17,19). The smallest absolute Gasteiger partial charge is 0.408 e. The van der Waals surface area contributed by atoms with Gasteiger partial charge in [-0.1, -0.05) is 11.8 Å². The minimum absolute atomic E-state index is 0.0454. The van der Waals surface area contributed by atoms with E-state index in [1.807, 2.05) is 0 Å². The molecule has 0 fully saturated rings. The minimum Gasteiger partial charge on any atom is -0.444 e. The van der Waals surface area contributed by atoms with Crippen LogP contribution in [-0.2, 0) is 4.74 Å². The summed E-state index contributed by atoms with van der Waals surface area (Å²) in [4.78, 5) is 22.1. The van der Waals surface area contributed by atoms with E-state index in [4.69, 9.17) is 4.74 Å². The van der Waals surface area contributed by atoms with Crippen molar-refractivity contribution in [1.29, 1.82) is 0 Å². The molecule has 0 aliphatic carbocycles. The van der Waals surface area contributed by atoms with Crippen LogP contribution in [-0.4, -0.2) is 24.5 Å². The molecular formula is C15H16FNO3. The number of hydrogen-bond acceptors (Lipinski definition) is 3. The fourth-order valence-corrected chi connectivity index (χ4v) is 1.31. The lowest BCUT2D eigenvalue weighted by molar-refractivity contribution is 0.0535. The van der Waals surface area contributed by atoms with Crippen molar-refractivity contribution >= 4 is 12.4 Å². The molecule has 0 bridgehead atoms. The number of aldehydes is 1. The summed E-state index contributed by atoms with van der Waals surface area (Å²) >= 11 is 0. The van der Waals surface area contributed by atoms with Gasteiger partial charge in [-0.2, -0.15) is 0 Å². The Morgan fingerprint density at radius 1 is 1.45 bits per heavy atom. The van der Waals surface area contributed by atoms with Crippen LogP contribution in [0, 0.1) is 17.7 Å². The van der Waals surface area contributed by atoms with Gasteiger partial charge >= 0.3 is 6.09 Å². The molecule has 0 atom stereocenters. The van der Waals surface area contributed by atoms with Crippen molar-refractivity contribution in [3.8, 4) is 11.8 Å². The topological polar surface area (TPSA) is 55.4 Å². The van der Waals surface area contributed by atoms with Crippen LogP contribution < -0.4 is 5.32 Å². The van der Waals surface area contributed by atoms with E-state index < -0.39 is 17.5 Å². The number of amides is 1. The molecule has 20 heavy (non-hydrogen) atoms. The number of alkyl carbamates (subject to hydrolysis) is 1. The molecule has 1 aromatic carbocycles. The lowest BCUT2D eigenvalue weighted by atomic mass is 10.1. The van der Waals surface area contributed by atoms with Gasteiger partial charge in [0.15, 0.2) is 6.29 Å². The quantitative estimate of drug-likeness (QED) is 0.667. The molecular weight excluding hydrogens is 261 g/mol. The summed E-state index contributed by atoms with van der Waals surface area (Å²) in [5.74, 6) is 4.79. The van der Waals surface area contributed by atoms with E-state index in [1.165, 1.54) is 18.2 Å². The molecule has 1 rings (SSSR count). The third-order valence-corrected chi connectivity index (χ3v) is 2.09. The molecule has 0 aliphatic heterocycles. The zero-order valence-corrected chi connectivity index (χ0v) is 11.6. The van der Waals surface area contributed by atoms with Crippen LogP contribution >= 0.6 is 0 Å². The molecule has 0 aliphatic rings. The molecule has 5 heteroatoms. The summed E-state index contributed by atoms with van der Waals surface area (Å²) in [6.45, 7) is 5.30. The zero-order chi connectivity index (χ0) is 15.2. The molecule has 4 nitrogen and oxygen atoms in total. The summed E-state index contributed by atoms with van der Waals surface area (Å²) in [5, 5.41) is 2.44. The van der Waals surface area contributed by atoms with Gasteiger partial charge in [0.1, 0.15) is 11.4 Å². The number of halogens is 1. The van der Waals surface area contributed by atoms with Gasteiger partial charge in [0.2, 0.25) is 0 Å². The first-order valence-electron chi connectivity index (χ1n) is 6.02. The first kappa shape index (κ1) is 15.7. The van der Waals surface area contributed by atoms with Crippen molar-refractivity contribution in [2.45, 2.75) is 26.4 Å². The first-order valence-corrected chi connectivity index (χ1v) is 6.02. The molecule has 1 N–H and O–H groups in total. The Balaban J connectivity index is 2.61. The highest BCUT2D eigenvalue weighted by Crippen LogP contribution is 2.08. The van der Waals surface area contributed by atoms with Crippen LogP contribution in [0.25, 0.3) is 0 Å². The predicted octanol–water partition coefficient (Wildman–Crippen LogP) is 2.51. The number of hydrogen-bond donors (Lipinski definition) is 1. The number of carbonyl (C=O) groups is 2. The molecule has 1 aromatic rings. The Labute approximate surface area is 117 Å². The van der Waals surface area contributed by atoms with Crippen molar-refractivity contribution in [3.05, 3.63) is 35.1 Å². The highest BCUT2D eigenvalue weighted by atomic mass is 19.1. The second-order valence-corrected chi connectivity index (χ2v) is 5.01. The average Bonchev–Trinajstić information content (AvgIpc) is 2.33. The Morgan fingerprint density at radius 3 is 2.75 bits per heavy atom. The number of benzene rings is 1. The Kier molecular flexibility index (Phi) is 5.27. The second kappa shape index (κ2) is 6.71. The summed E-state index contributed by atoms with van der Waals surface area (Å²) in [7, 11) is 0. The highest BCUT2D eigenvalue weighted by molar-refractivity contribution is 5.79. The molecule has 0 saturated carbocycles. The van der Waals surface area contributed by atoms with Crippen LogP contribution in [0.2, 0.25) is 0 Å². The van der Waals surface area contributed by atoms with Crippen molar-refractivity contribution in [2.75, 3.05) is 6.54 Å². The summed E-state index contributed by atoms with van der Waals surface area (Å²) < 4.78 is 18.1. The third-order valence-electron chi connectivity index (χ3n) is 2.09. The van der Waals surface area contributed by atoms with E-state index in [0.29, 0.717) is 11.8 Å². The van der Waals surface area contributed by atoms with Crippen LogP contribution in [0.4, 0.5) is 9.18 Å². The van der Waals surface area contributed by atoms with Crippen LogP contribution in [0.1, 0.15) is 36.7 Å². The molecule has 0 aromatic heterocycles. The maximum atomic E-state index is 13.0. The van der Waals surface area contributed by atoms with E-state index in [1.54, 1.807) is 20.8 Å². The molecule has 0 heterocycles. The van der Waals surface area contributed by atoms with Gasteiger partial charge in [0.25, 0.3) is 0 Å². The molecule has 1 amide bonds. The number of nitrogens with one attached hydrogen (secondary N) is 1. The van der Waals surface area contributed by atoms with Gasteiger partial charge in [-0.05, 0) is 39.0 Å². The summed E-state index contributed by atoms with van der Waals surface area (Å²) in [5.41, 5.74) is 0.00672. The SMILES string of the molecule is CC(C)(C)OC(=O)NCC#Cc1cc(F)ccc1C=O. The van der Waals surface area contributed by atoms with Crippen molar-refractivity contribution in [2.24, 2.45) is 0 Å². The van der Waals surface area contributed by atoms with Gasteiger partial charge in [0.05, 0.1) is 6.54 Å². The van der Waals surface area contributed by atoms with Gasteiger partial charge in [-0.15, -0.1) is 0 Å². The lowest BCUT2D eigenvalue weighted by Gasteiger charge is -2.19. The van der Waals surface area contributed by atoms with Crippen molar-refractivity contribution in [1.82, 2.24) is 5.32 Å². The fourth-order valence-electron chi connectivity index (χ4n) is 1.31. The monoisotopic (exact) mass is 277 g/mol. The van der Waals surface area contributed by atoms with E-state index in [2.05, 4.69) is 17.2 Å². The van der Waals surface area contributed by atoms with E-state index in [-0.39, 0.29) is 12.1 Å². The first-order chi connectivity index (χ1) is 9.31. The molecule has 0 spiro atoms. The molecule has 0 unspecified atom stereocenters. The van der Waals surface area contributed by atoms with Gasteiger partial charge < -0.3 is 10.1 Å². The van der Waals surface area contributed by atoms with Gasteiger partial charge in [0, 0.05) is 11.1 Å². The fraction of sp³-hybridized carbons (Fsp3) is 0.333. The number of rotatable bonds is 2. The summed E-state index contributed by atoms with van der Waals surface area (Å²) in [6, 6.07) is 3.71. The maximum absolute atomic E-state index is 13.0. The zero-order valence-electron chi connectivity index (χ0n) is 11.6. The van der Waals surface area contributed by atoms with Crippen molar-refractivity contribution in [3.63, 3.8) is 0 Å². The Bertz CT molecular complexity index is 565. The summed E-state index contributed by atoms with van der Waals surface area (Å²) in [6.07, 6.45) is 0.0201. The predicted molar refractivity (Wildman–Crippen MR) is 72.9 cm³/mol. The molecule has 0 saturated heterocycles. The van der Waals surface area contributed by atoms with Crippen LogP contribution in [0.3, 0.4) is 0 Å². The van der Waals surface area contributed by atoms with Crippen LogP contribution in [0.15, 0.2) is 18.2 Å². The van der Waals surface area contributed by atoms with Crippen LogP contribution in [0.5, 0.6) is 0 Å². The van der Waals surface area contributed by atoms with Crippen molar-refractivity contribution < 1.29 is 18.7 Å². The number of ether oxygens (including phenoxy) is 1. The third kappa shape index (κ3) is 5.53. The average molecular weight is 277 g/mol. The normalized spacial score (nSPS) is 10.2. The van der Waals surface area contributed by atoms with Gasteiger partial charge in [-0.3, -0.25) is 4.79 Å². The Hall–Kier alpha value is -2.35. The largest absolute Gasteiger partial charge is 0.444 e. The minimum atomic E-state index is -0.582. The second-order valence-electron chi connectivity index (χ2n) is 5.01. The van der Waals surface area contributed by atoms with Gasteiger partial charge in [-0.25, -0.2) is 9.18 Å². The van der Waals surface area contributed by atoms with E-state index >= 15 is 0 Å². The van der Waals surface area contributed by atoms with E-state index in [0.717, 1.165) is 0 Å². The van der Waals surface area contributed by atoms with E-state index in [9.17, 15) is 14.0 Å². The lowest BCUT2D eigenvalue weighted by Crippen LogP contribution is -2.32. The Morgan fingerprint density at radius 2 is 2.15 bits per heavy atom. The maximum Gasteiger partial charge on any atom is 0.408 e. The number of carbonyl (C=O) groups excluding carboxylic acids is 2.